The molecule has 0 radical (unpaired) electrons. The van der Waals surface area contributed by atoms with E-state index in [9.17, 15) is 9.90 Å². The van der Waals surface area contributed by atoms with Gasteiger partial charge in [0.15, 0.2) is 5.79 Å². The van der Waals surface area contributed by atoms with E-state index < -0.39 is 5.79 Å². The van der Waals surface area contributed by atoms with Crippen molar-refractivity contribution in [3.05, 3.63) is 12.2 Å². The van der Waals surface area contributed by atoms with Crippen LogP contribution in [0.2, 0.25) is 0 Å². The first-order valence-electron chi connectivity index (χ1n) is 9.49. The van der Waals surface area contributed by atoms with E-state index in [-0.39, 0.29) is 36.3 Å². The average Bonchev–Trinajstić information content (AvgIpc) is 2.87. The van der Waals surface area contributed by atoms with E-state index in [1.54, 1.807) is 0 Å². The van der Waals surface area contributed by atoms with Crippen LogP contribution in [0.3, 0.4) is 0 Å². The van der Waals surface area contributed by atoms with Crippen LogP contribution in [0.5, 0.6) is 0 Å². The maximum Gasteiger partial charge on any atom is 0.302 e. The summed E-state index contributed by atoms with van der Waals surface area (Å²) in [6, 6.07) is 0. The van der Waals surface area contributed by atoms with Crippen molar-refractivity contribution < 1.29 is 24.1 Å². The quantitative estimate of drug-likeness (QED) is 0.505. The molecule has 2 heterocycles. The van der Waals surface area contributed by atoms with Gasteiger partial charge in [0.2, 0.25) is 0 Å². The molecule has 2 saturated heterocycles. The molecule has 2 aliphatic rings. The van der Waals surface area contributed by atoms with Crippen molar-refractivity contribution in [2.45, 2.75) is 96.2 Å². The minimum absolute atomic E-state index is 0.0331. The SMILES string of the molecule is C=C(C)CCC(OC(C)=O)C(C)CCCC1(C)OCC2(O)CC[C@@H]1O2. The van der Waals surface area contributed by atoms with Crippen LogP contribution in [-0.2, 0) is 19.0 Å². The maximum absolute atomic E-state index is 11.4. The van der Waals surface area contributed by atoms with Crippen LogP contribution in [0.15, 0.2) is 12.2 Å². The Hall–Kier alpha value is -0.910. The number of rotatable bonds is 9. The first-order chi connectivity index (χ1) is 11.6. The zero-order valence-electron chi connectivity index (χ0n) is 16.2. The van der Waals surface area contributed by atoms with Gasteiger partial charge in [-0.1, -0.05) is 18.9 Å². The Balaban J connectivity index is 1.82. The van der Waals surface area contributed by atoms with E-state index in [4.69, 9.17) is 14.2 Å². The number of hydrogen-bond donors (Lipinski definition) is 1. The molecular weight excluding hydrogens is 320 g/mol. The van der Waals surface area contributed by atoms with Crippen molar-refractivity contribution in [2.24, 2.45) is 5.92 Å². The summed E-state index contributed by atoms with van der Waals surface area (Å²) >= 11 is 0. The molecule has 2 bridgehead atoms. The zero-order chi connectivity index (χ0) is 18.7. The molecule has 5 nitrogen and oxygen atoms in total. The van der Waals surface area contributed by atoms with Crippen molar-refractivity contribution in [3.8, 4) is 0 Å². The normalized spacial score (nSPS) is 33.7. The minimum atomic E-state index is -1.07. The number of esters is 1. The molecule has 0 aliphatic carbocycles. The van der Waals surface area contributed by atoms with Crippen molar-refractivity contribution in [1.29, 1.82) is 0 Å². The van der Waals surface area contributed by atoms with Gasteiger partial charge in [0, 0.05) is 13.3 Å². The van der Waals surface area contributed by atoms with Crippen molar-refractivity contribution in [3.63, 3.8) is 0 Å². The molecule has 4 unspecified atom stereocenters. The topological polar surface area (TPSA) is 65.0 Å². The van der Waals surface area contributed by atoms with Crippen molar-refractivity contribution in [2.75, 3.05) is 6.61 Å². The lowest BCUT2D eigenvalue weighted by Gasteiger charge is -2.42. The predicted molar refractivity (Wildman–Crippen MR) is 96.0 cm³/mol. The predicted octanol–water partition coefficient (Wildman–Crippen LogP) is 3.74. The Morgan fingerprint density at radius 1 is 1.40 bits per heavy atom. The zero-order valence-corrected chi connectivity index (χ0v) is 16.2. The van der Waals surface area contributed by atoms with Gasteiger partial charge in [-0.25, -0.2) is 0 Å². The van der Waals surface area contributed by atoms with Gasteiger partial charge >= 0.3 is 5.97 Å². The third kappa shape index (κ3) is 5.53. The fourth-order valence-electron chi connectivity index (χ4n) is 3.90. The summed E-state index contributed by atoms with van der Waals surface area (Å²) in [4.78, 5) is 11.4. The molecule has 0 spiro atoms. The number of fused-ring (bicyclic) bond motifs is 2. The highest BCUT2D eigenvalue weighted by Crippen LogP contribution is 2.43. The second-order valence-corrected chi connectivity index (χ2v) is 8.21. The smallest absolute Gasteiger partial charge is 0.302 e. The molecule has 25 heavy (non-hydrogen) atoms. The van der Waals surface area contributed by atoms with Gasteiger partial charge in [0.1, 0.15) is 12.7 Å². The first-order valence-corrected chi connectivity index (χ1v) is 9.49. The van der Waals surface area contributed by atoms with E-state index in [2.05, 4.69) is 20.4 Å². The van der Waals surface area contributed by atoms with Crippen LogP contribution in [-0.4, -0.2) is 41.3 Å². The van der Waals surface area contributed by atoms with Crippen LogP contribution in [0.1, 0.15) is 72.6 Å². The fourth-order valence-corrected chi connectivity index (χ4v) is 3.90. The molecule has 0 saturated carbocycles. The van der Waals surface area contributed by atoms with Gasteiger partial charge < -0.3 is 19.3 Å². The Morgan fingerprint density at radius 3 is 2.76 bits per heavy atom. The van der Waals surface area contributed by atoms with Gasteiger partial charge in [-0.05, 0) is 51.9 Å². The van der Waals surface area contributed by atoms with E-state index in [1.165, 1.54) is 6.92 Å². The Morgan fingerprint density at radius 2 is 2.12 bits per heavy atom. The molecule has 1 N–H and O–H groups in total. The average molecular weight is 354 g/mol. The van der Waals surface area contributed by atoms with Crippen molar-refractivity contribution in [1.82, 2.24) is 0 Å². The summed E-state index contributed by atoms with van der Waals surface area (Å²) in [5.74, 6) is -1.00. The molecule has 0 aromatic heterocycles. The van der Waals surface area contributed by atoms with E-state index >= 15 is 0 Å². The van der Waals surface area contributed by atoms with Gasteiger partial charge in [0.25, 0.3) is 0 Å². The molecule has 2 aliphatic heterocycles. The second kappa shape index (κ2) is 8.19. The number of carbonyl (C=O) groups excluding carboxylic acids is 1. The molecule has 144 valence electrons. The number of carbonyl (C=O) groups is 1. The number of ether oxygens (including phenoxy) is 3. The molecule has 2 rings (SSSR count). The Bertz CT molecular complexity index is 490. The summed E-state index contributed by atoms with van der Waals surface area (Å²) in [6.07, 6.45) is 5.91. The Labute approximate surface area is 151 Å². The lowest BCUT2D eigenvalue weighted by atomic mass is 9.87. The number of aliphatic hydroxyl groups is 1. The summed E-state index contributed by atoms with van der Waals surface area (Å²) in [7, 11) is 0. The largest absolute Gasteiger partial charge is 0.462 e. The summed E-state index contributed by atoms with van der Waals surface area (Å²) in [5.41, 5.74) is 0.773. The second-order valence-electron chi connectivity index (χ2n) is 8.21. The van der Waals surface area contributed by atoms with E-state index in [0.29, 0.717) is 6.42 Å². The van der Waals surface area contributed by atoms with E-state index in [1.807, 2.05) is 6.92 Å². The third-order valence-corrected chi connectivity index (χ3v) is 5.61. The monoisotopic (exact) mass is 354 g/mol. The lowest BCUT2D eigenvalue weighted by Crippen LogP contribution is -2.52. The first kappa shape index (κ1) is 20.4. The third-order valence-electron chi connectivity index (χ3n) is 5.61. The molecule has 5 heteroatoms. The highest BCUT2D eigenvalue weighted by molar-refractivity contribution is 5.66. The molecular formula is C20H34O5. The highest BCUT2D eigenvalue weighted by Gasteiger charge is 2.52. The summed E-state index contributed by atoms with van der Waals surface area (Å²) in [6.45, 7) is 11.9. The maximum atomic E-state index is 11.4. The standard InChI is InChI=1S/C20H34O5/c1-14(2)8-9-17(24-16(4)21)15(3)7-6-11-19(5)18-10-12-20(22,25-18)13-23-19/h15,17-18,22H,1,6-13H2,2-5H3/t15?,17?,18-,19?,20?/m0/s1. The summed E-state index contributed by atoms with van der Waals surface area (Å²) in [5, 5.41) is 10.1. The van der Waals surface area contributed by atoms with Crippen LogP contribution < -0.4 is 0 Å². The van der Waals surface area contributed by atoms with Gasteiger partial charge in [-0.3, -0.25) is 4.79 Å². The van der Waals surface area contributed by atoms with Crippen molar-refractivity contribution >= 4 is 5.97 Å². The van der Waals surface area contributed by atoms with Crippen LogP contribution in [0, 0.1) is 5.92 Å². The van der Waals surface area contributed by atoms with Crippen LogP contribution >= 0.6 is 0 Å². The number of allylic oxidation sites excluding steroid dienone is 1. The van der Waals surface area contributed by atoms with Gasteiger partial charge in [-0.2, -0.15) is 0 Å². The number of hydrogen-bond acceptors (Lipinski definition) is 5. The van der Waals surface area contributed by atoms with Crippen LogP contribution in [0.4, 0.5) is 0 Å². The fraction of sp³-hybridized carbons (Fsp3) is 0.850. The van der Waals surface area contributed by atoms with Crippen LogP contribution in [0.25, 0.3) is 0 Å². The molecule has 2 fully saturated rings. The Kier molecular flexibility index (Phi) is 6.68. The molecule has 0 aromatic carbocycles. The minimum Gasteiger partial charge on any atom is -0.462 e. The van der Waals surface area contributed by atoms with Gasteiger partial charge in [0.05, 0.1) is 11.7 Å². The summed E-state index contributed by atoms with van der Waals surface area (Å²) < 4.78 is 17.3. The molecule has 0 aromatic rings. The highest BCUT2D eigenvalue weighted by atomic mass is 16.7. The van der Waals surface area contributed by atoms with Gasteiger partial charge in [-0.15, -0.1) is 6.58 Å². The lowest BCUT2D eigenvalue weighted by molar-refractivity contribution is -0.311. The molecule has 0 amide bonds. The van der Waals surface area contributed by atoms with E-state index in [0.717, 1.165) is 44.1 Å². The molecule has 5 atom stereocenters.